The summed E-state index contributed by atoms with van der Waals surface area (Å²) in [6, 6.07) is 136. The molecule has 0 amide bonds. The summed E-state index contributed by atoms with van der Waals surface area (Å²) in [5, 5.41) is 7.18. The Morgan fingerprint density at radius 1 is 0.179 bits per heavy atom. The van der Waals surface area contributed by atoms with Crippen LogP contribution in [0.4, 0.5) is 0 Å². The van der Waals surface area contributed by atoms with E-state index in [1.165, 1.54) is 54.7 Å². The molecule has 0 atom stereocenters. The maximum Gasteiger partial charge on any atom is 0.160 e. The van der Waals surface area contributed by atoms with Crippen LogP contribution in [0, 0.1) is 0 Å². The van der Waals surface area contributed by atoms with Crippen molar-refractivity contribution >= 4 is 87.5 Å². The van der Waals surface area contributed by atoms with Crippen molar-refractivity contribution in [2.45, 2.75) is 0 Å². The van der Waals surface area contributed by atoms with E-state index in [1.54, 1.807) is 0 Å². The first-order valence-electron chi connectivity index (χ1n) is 37.7. The number of nitrogens with zero attached hydrogens (tertiary/aromatic N) is 10. The second-order valence-electron chi connectivity index (χ2n) is 28.1. The van der Waals surface area contributed by atoms with Crippen molar-refractivity contribution in [2.75, 3.05) is 0 Å². The molecule has 22 aromatic rings. The van der Waals surface area contributed by atoms with Crippen LogP contribution in [-0.2, 0) is 0 Å². The van der Waals surface area contributed by atoms with Crippen molar-refractivity contribution in [2.24, 2.45) is 0 Å². The molecule has 8 heterocycles. The maximum atomic E-state index is 5.06. The lowest BCUT2D eigenvalue weighted by atomic mass is 9.98. The van der Waals surface area contributed by atoms with Gasteiger partial charge in [-0.05, 0) is 168 Å². The normalized spacial score (nSPS) is 11.6. The molecule has 0 fully saturated rings. The average Bonchev–Trinajstić information content (AvgIpc) is 1.58. The molecule has 0 radical (unpaired) electrons. The fourth-order valence-corrected chi connectivity index (χ4v) is 16.5. The van der Waals surface area contributed by atoms with Crippen molar-refractivity contribution in [3.05, 3.63) is 401 Å². The fraction of sp³-hybridized carbons (Fsp3) is 0. The third-order valence-corrected chi connectivity index (χ3v) is 21.6. The monoisotopic (exact) mass is 1430 g/mol. The third-order valence-electron chi connectivity index (χ3n) is 21.6. The van der Waals surface area contributed by atoms with Crippen LogP contribution in [0.25, 0.3) is 200 Å². The highest BCUT2D eigenvalue weighted by Gasteiger charge is 2.23. The highest BCUT2D eigenvalue weighted by atomic mass is 15.0. The average molecular weight is 1430 g/mol. The number of pyridine rings is 2. The van der Waals surface area contributed by atoms with E-state index in [4.69, 9.17) is 29.9 Å². The summed E-state index contributed by atoms with van der Waals surface area (Å²) in [6.07, 6.45) is 3.78. The molecule has 8 aromatic heterocycles. The molecule has 0 aliphatic carbocycles. The lowest BCUT2D eigenvalue weighted by Gasteiger charge is -2.12. The Labute approximate surface area is 645 Å². The predicted octanol–water partition coefficient (Wildman–Crippen LogP) is 25.5. The standard InChI is InChI=1S/2C51H33N5/c1-4-14-34(15-5-1)43-33-44(54-51(53-43)36-16-6-2-7-17-36)35-25-28-39(29-26-35)56-46-30-27-37(32-42(46)50-48(56)24-13-31-52-50)40-21-12-23-47-49(40)41-20-10-11-22-45(41)55(47)38-18-8-3-9-19-38;1-4-14-34(15-5-1)43-33-44(35-16-6-2-7-17-35)54-51(53-43)36-25-28-39(29-26-36)56-46-30-27-37(32-42(46)50-48(56)24-13-31-52-50)40-21-12-23-47-49(40)41-20-10-11-22-45(41)55(47)38-18-8-3-9-19-38/h2*1-33H. The SMILES string of the molecule is c1ccc(-c2cc(-c3ccc(-n4c5ccc(-c6cccc7c6c6ccccc6n7-c6ccccc6)cc5c5ncccc54)cc3)nc(-c3ccccc3)n2)cc1.c1ccc(-c2cc(-c3ccccc3)nc(-c3ccc(-n4c5ccc(-c6cccc7c6c6ccccc6n7-c6ccccc6)cc5c5ncccc54)cc3)n2)cc1. The van der Waals surface area contributed by atoms with Crippen LogP contribution in [0.15, 0.2) is 401 Å². The molecule has 0 saturated carbocycles. The quantitative estimate of drug-likeness (QED) is 0.121. The lowest BCUT2D eigenvalue weighted by molar-refractivity contribution is 1.16. The lowest BCUT2D eigenvalue weighted by Crippen LogP contribution is -1.97. The summed E-state index contributed by atoms with van der Waals surface area (Å²) in [5.41, 5.74) is 29.8. The van der Waals surface area contributed by atoms with Gasteiger partial charge in [-0.1, -0.05) is 243 Å². The Balaban J connectivity index is 0.000000141. The van der Waals surface area contributed by atoms with E-state index < -0.39 is 0 Å². The largest absolute Gasteiger partial charge is 0.309 e. The van der Waals surface area contributed by atoms with Gasteiger partial charge >= 0.3 is 0 Å². The van der Waals surface area contributed by atoms with Gasteiger partial charge in [0.2, 0.25) is 0 Å². The zero-order chi connectivity index (χ0) is 74.0. The molecule has 0 bridgehead atoms. The van der Waals surface area contributed by atoms with Crippen LogP contribution in [-0.4, -0.2) is 48.2 Å². The van der Waals surface area contributed by atoms with Crippen molar-refractivity contribution in [3.63, 3.8) is 0 Å². The van der Waals surface area contributed by atoms with Crippen molar-refractivity contribution in [1.29, 1.82) is 0 Å². The number of hydrogen-bond donors (Lipinski definition) is 0. The first-order valence-corrected chi connectivity index (χ1v) is 37.7. The number of hydrogen-bond acceptors (Lipinski definition) is 6. The molecule has 10 nitrogen and oxygen atoms in total. The van der Waals surface area contributed by atoms with Gasteiger partial charge in [-0.15, -0.1) is 0 Å². The van der Waals surface area contributed by atoms with Crippen LogP contribution in [0.1, 0.15) is 0 Å². The Hall–Kier alpha value is -15.3. The van der Waals surface area contributed by atoms with Gasteiger partial charge in [0.15, 0.2) is 11.6 Å². The van der Waals surface area contributed by atoms with Gasteiger partial charge < -0.3 is 18.3 Å². The van der Waals surface area contributed by atoms with Crippen LogP contribution < -0.4 is 0 Å². The molecule has 10 heteroatoms. The minimum Gasteiger partial charge on any atom is -0.309 e. The van der Waals surface area contributed by atoms with E-state index in [1.807, 2.05) is 97.3 Å². The van der Waals surface area contributed by atoms with Crippen LogP contribution in [0.5, 0.6) is 0 Å². The zero-order valence-electron chi connectivity index (χ0n) is 60.6. The number of rotatable bonds is 12. The summed E-state index contributed by atoms with van der Waals surface area (Å²) in [6.45, 7) is 0. The van der Waals surface area contributed by atoms with Gasteiger partial charge in [-0.3, -0.25) is 9.97 Å². The molecule has 0 aliphatic rings. The molecule has 0 N–H and O–H groups in total. The highest BCUT2D eigenvalue weighted by Crippen LogP contribution is 2.44. The fourth-order valence-electron chi connectivity index (χ4n) is 16.5. The minimum absolute atomic E-state index is 0.688. The minimum atomic E-state index is 0.688. The Bertz CT molecular complexity index is 6760. The topological polar surface area (TPSA) is 97.1 Å². The molecule has 0 unspecified atom stereocenters. The van der Waals surface area contributed by atoms with Crippen LogP contribution in [0.2, 0.25) is 0 Å². The molecule has 524 valence electrons. The molecule has 112 heavy (non-hydrogen) atoms. The summed E-state index contributed by atoms with van der Waals surface area (Å²) in [7, 11) is 0. The Morgan fingerprint density at radius 3 is 0.866 bits per heavy atom. The molecular formula is C102H66N10. The summed E-state index contributed by atoms with van der Waals surface area (Å²) in [5.74, 6) is 1.39. The molecule has 0 spiro atoms. The molecule has 14 aromatic carbocycles. The van der Waals surface area contributed by atoms with E-state index in [2.05, 4.69) is 322 Å². The van der Waals surface area contributed by atoms with Gasteiger partial charge in [0, 0.05) is 101 Å². The number of aromatic nitrogens is 10. The van der Waals surface area contributed by atoms with Gasteiger partial charge in [0.1, 0.15) is 0 Å². The van der Waals surface area contributed by atoms with Gasteiger partial charge in [0.25, 0.3) is 0 Å². The van der Waals surface area contributed by atoms with Gasteiger partial charge in [0.05, 0.1) is 77.9 Å². The van der Waals surface area contributed by atoms with E-state index in [0.29, 0.717) is 11.6 Å². The summed E-state index contributed by atoms with van der Waals surface area (Å²) < 4.78 is 9.37. The smallest absolute Gasteiger partial charge is 0.160 e. The highest BCUT2D eigenvalue weighted by molar-refractivity contribution is 6.19. The maximum absolute atomic E-state index is 5.06. The number of fused-ring (bicyclic) bond motifs is 12. The first kappa shape index (κ1) is 65.1. The predicted molar refractivity (Wildman–Crippen MR) is 460 cm³/mol. The number of para-hydroxylation sites is 4. The van der Waals surface area contributed by atoms with Crippen molar-refractivity contribution < 1.29 is 0 Å². The Kier molecular flexibility index (Phi) is 16.0. The van der Waals surface area contributed by atoms with Crippen LogP contribution >= 0.6 is 0 Å². The van der Waals surface area contributed by atoms with Gasteiger partial charge in [-0.2, -0.15) is 0 Å². The number of benzene rings is 14. The third kappa shape index (κ3) is 11.4. The molecule has 0 saturated heterocycles. The van der Waals surface area contributed by atoms with Gasteiger partial charge in [-0.25, -0.2) is 19.9 Å². The zero-order valence-corrected chi connectivity index (χ0v) is 60.6. The Morgan fingerprint density at radius 2 is 0.464 bits per heavy atom. The summed E-state index contributed by atoms with van der Waals surface area (Å²) >= 11 is 0. The molecule has 0 aliphatic heterocycles. The summed E-state index contributed by atoms with van der Waals surface area (Å²) in [4.78, 5) is 30.0. The molecular weight excluding hydrogens is 1370 g/mol. The van der Waals surface area contributed by atoms with Crippen molar-refractivity contribution in [3.8, 4) is 113 Å². The second kappa shape index (κ2) is 27.5. The molecule has 22 rings (SSSR count). The van der Waals surface area contributed by atoms with E-state index >= 15 is 0 Å². The first-order chi connectivity index (χ1) is 55.6. The van der Waals surface area contributed by atoms with E-state index in [0.717, 1.165) is 134 Å². The second-order valence-corrected chi connectivity index (χ2v) is 28.1. The van der Waals surface area contributed by atoms with E-state index in [-0.39, 0.29) is 0 Å². The van der Waals surface area contributed by atoms with Crippen LogP contribution in [0.3, 0.4) is 0 Å². The van der Waals surface area contributed by atoms with E-state index in [9.17, 15) is 0 Å². The van der Waals surface area contributed by atoms with Crippen molar-refractivity contribution in [1.82, 2.24) is 48.2 Å².